The molecule has 0 saturated carbocycles. The third-order valence-electron chi connectivity index (χ3n) is 1.11. The molecule has 0 spiro atoms. The molecule has 0 bridgehead atoms. The van der Waals surface area contributed by atoms with E-state index in [1.165, 1.54) is 20.8 Å². The molecule has 0 heterocycles. The largest absolute Gasteiger partial charge is 0.351 e. The third-order valence-corrected chi connectivity index (χ3v) is 3.10. The number of sulfonamides is 1. The standard InChI is InChI=1S/C5H13N3O3S/c1-5(2,3)12(10,11)8-7-4(6)9/h8H,1-3H3,(H3,6,7,9). The Balaban J connectivity index is 4.37. The molecule has 0 aromatic rings. The summed E-state index contributed by atoms with van der Waals surface area (Å²) in [5.41, 5.74) is 6.46. The maximum absolute atomic E-state index is 11.2. The van der Waals surface area contributed by atoms with E-state index >= 15 is 0 Å². The van der Waals surface area contributed by atoms with Gasteiger partial charge in [0.05, 0.1) is 4.75 Å². The molecule has 12 heavy (non-hydrogen) atoms. The van der Waals surface area contributed by atoms with E-state index in [1.807, 2.05) is 4.83 Å². The molecule has 0 aliphatic rings. The van der Waals surface area contributed by atoms with Crippen LogP contribution in [0.25, 0.3) is 0 Å². The molecule has 2 amide bonds. The van der Waals surface area contributed by atoms with Crippen LogP contribution in [0.2, 0.25) is 0 Å². The summed E-state index contributed by atoms with van der Waals surface area (Å²) < 4.78 is 21.4. The highest BCUT2D eigenvalue weighted by Gasteiger charge is 2.28. The molecule has 0 atom stereocenters. The zero-order valence-corrected chi connectivity index (χ0v) is 8.03. The van der Waals surface area contributed by atoms with Crippen molar-refractivity contribution >= 4 is 16.1 Å². The summed E-state index contributed by atoms with van der Waals surface area (Å²) >= 11 is 0. The predicted molar refractivity (Wildman–Crippen MR) is 44.5 cm³/mol. The van der Waals surface area contributed by atoms with E-state index in [0.717, 1.165) is 0 Å². The van der Waals surface area contributed by atoms with Crippen LogP contribution in [0.4, 0.5) is 4.79 Å². The summed E-state index contributed by atoms with van der Waals surface area (Å²) in [7, 11) is -3.55. The number of primary amides is 1. The Morgan fingerprint density at radius 1 is 1.33 bits per heavy atom. The fourth-order valence-electron chi connectivity index (χ4n) is 0.271. The molecule has 7 heteroatoms. The van der Waals surface area contributed by atoms with E-state index in [4.69, 9.17) is 0 Å². The van der Waals surface area contributed by atoms with Gasteiger partial charge in [-0.3, -0.25) is 5.43 Å². The lowest BCUT2D eigenvalue weighted by Gasteiger charge is -2.19. The van der Waals surface area contributed by atoms with Crippen molar-refractivity contribution in [1.29, 1.82) is 0 Å². The molecule has 0 fully saturated rings. The number of hydrazine groups is 1. The number of urea groups is 1. The summed E-state index contributed by atoms with van der Waals surface area (Å²) in [5.74, 6) is 0. The van der Waals surface area contributed by atoms with Crippen molar-refractivity contribution in [3.8, 4) is 0 Å². The van der Waals surface area contributed by atoms with Crippen molar-refractivity contribution in [3.05, 3.63) is 0 Å². The van der Waals surface area contributed by atoms with Crippen LogP contribution in [0.1, 0.15) is 20.8 Å². The van der Waals surface area contributed by atoms with Crippen molar-refractivity contribution in [1.82, 2.24) is 10.3 Å². The van der Waals surface area contributed by atoms with Gasteiger partial charge in [0, 0.05) is 0 Å². The first-order chi connectivity index (χ1) is 5.17. The number of amides is 2. The first-order valence-electron chi connectivity index (χ1n) is 3.23. The lowest BCUT2D eigenvalue weighted by Crippen LogP contribution is -2.50. The van der Waals surface area contributed by atoms with Gasteiger partial charge in [0.15, 0.2) is 0 Å². The summed E-state index contributed by atoms with van der Waals surface area (Å²) in [6, 6.07) is -0.942. The lowest BCUT2D eigenvalue weighted by molar-refractivity contribution is 0.247. The molecule has 0 rings (SSSR count). The van der Waals surface area contributed by atoms with Gasteiger partial charge in [0.2, 0.25) is 10.0 Å². The Kier molecular flexibility index (Phi) is 3.05. The van der Waals surface area contributed by atoms with E-state index in [0.29, 0.717) is 0 Å². The van der Waals surface area contributed by atoms with Crippen molar-refractivity contribution in [2.45, 2.75) is 25.5 Å². The van der Waals surface area contributed by atoms with Crippen molar-refractivity contribution in [2.75, 3.05) is 0 Å². The van der Waals surface area contributed by atoms with Crippen LogP contribution in [0, 0.1) is 0 Å². The quantitative estimate of drug-likeness (QED) is 0.507. The van der Waals surface area contributed by atoms with E-state index in [1.54, 1.807) is 5.43 Å². The molecule has 0 radical (unpaired) electrons. The van der Waals surface area contributed by atoms with Crippen molar-refractivity contribution in [3.63, 3.8) is 0 Å². The van der Waals surface area contributed by atoms with Gasteiger partial charge in [0.25, 0.3) is 0 Å². The lowest BCUT2D eigenvalue weighted by atomic mass is 10.3. The Hall–Kier alpha value is -0.820. The van der Waals surface area contributed by atoms with Gasteiger partial charge in [-0.1, -0.05) is 0 Å². The Bertz CT molecular complexity index is 264. The van der Waals surface area contributed by atoms with Gasteiger partial charge in [-0.05, 0) is 20.8 Å². The van der Waals surface area contributed by atoms with E-state index in [2.05, 4.69) is 5.73 Å². The van der Waals surface area contributed by atoms with E-state index in [9.17, 15) is 13.2 Å². The molecule has 4 N–H and O–H groups in total. The van der Waals surface area contributed by atoms with Crippen LogP contribution in [0.15, 0.2) is 0 Å². The van der Waals surface area contributed by atoms with Crippen molar-refractivity contribution < 1.29 is 13.2 Å². The molecule has 0 unspecified atom stereocenters. The zero-order valence-electron chi connectivity index (χ0n) is 7.21. The second-order valence-electron chi connectivity index (χ2n) is 3.21. The summed E-state index contributed by atoms with van der Waals surface area (Å²) in [6.45, 7) is 4.49. The maximum Gasteiger partial charge on any atom is 0.327 e. The highest BCUT2D eigenvalue weighted by atomic mass is 32.2. The van der Waals surface area contributed by atoms with Crippen LogP contribution in [-0.4, -0.2) is 19.2 Å². The molecule has 0 aromatic heterocycles. The fraction of sp³-hybridized carbons (Fsp3) is 0.800. The van der Waals surface area contributed by atoms with Gasteiger partial charge in [-0.2, -0.15) is 0 Å². The van der Waals surface area contributed by atoms with Gasteiger partial charge >= 0.3 is 6.03 Å². The number of rotatable bonds is 2. The van der Waals surface area contributed by atoms with Gasteiger partial charge in [-0.25, -0.2) is 13.2 Å². The number of nitrogens with two attached hydrogens (primary N) is 1. The highest BCUT2D eigenvalue weighted by molar-refractivity contribution is 7.90. The fourth-order valence-corrected chi connectivity index (χ4v) is 0.812. The number of carbonyl (C=O) groups excluding carboxylic acids is 1. The Morgan fingerprint density at radius 3 is 2.00 bits per heavy atom. The zero-order chi connectivity index (χ0) is 9.99. The van der Waals surface area contributed by atoms with Crippen LogP contribution in [0.5, 0.6) is 0 Å². The van der Waals surface area contributed by atoms with Crippen LogP contribution in [0.3, 0.4) is 0 Å². The van der Waals surface area contributed by atoms with Crippen molar-refractivity contribution in [2.24, 2.45) is 5.73 Å². The molecular formula is C5H13N3O3S. The average Bonchev–Trinajstić information content (AvgIpc) is 1.81. The number of hydrogen-bond acceptors (Lipinski definition) is 3. The third kappa shape index (κ3) is 3.05. The Labute approximate surface area is 71.5 Å². The Morgan fingerprint density at radius 2 is 1.75 bits per heavy atom. The minimum Gasteiger partial charge on any atom is -0.351 e. The van der Waals surface area contributed by atoms with Crippen LogP contribution < -0.4 is 16.0 Å². The summed E-state index contributed by atoms with van der Waals surface area (Å²) in [6.07, 6.45) is 0. The minimum absolute atomic E-state index is 0.942. The topological polar surface area (TPSA) is 101 Å². The smallest absolute Gasteiger partial charge is 0.327 e. The minimum atomic E-state index is -3.55. The first-order valence-corrected chi connectivity index (χ1v) is 4.72. The van der Waals surface area contributed by atoms with Gasteiger partial charge < -0.3 is 5.73 Å². The number of carbonyl (C=O) groups is 1. The molecule has 0 aliphatic heterocycles. The van der Waals surface area contributed by atoms with Crippen LogP contribution in [-0.2, 0) is 10.0 Å². The number of nitrogens with one attached hydrogen (secondary N) is 2. The monoisotopic (exact) mass is 195 g/mol. The first kappa shape index (κ1) is 11.2. The predicted octanol–water partition coefficient (Wildman–Crippen LogP) is -0.712. The van der Waals surface area contributed by atoms with Gasteiger partial charge in [-0.15, -0.1) is 4.83 Å². The van der Waals surface area contributed by atoms with E-state index < -0.39 is 20.8 Å². The molecule has 0 aliphatic carbocycles. The second-order valence-corrected chi connectivity index (χ2v) is 5.64. The van der Waals surface area contributed by atoms with Gasteiger partial charge in [0.1, 0.15) is 0 Å². The molecule has 0 aromatic carbocycles. The number of hydrogen-bond donors (Lipinski definition) is 3. The maximum atomic E-state index is 11.2. The van der Waals surface area contributed by atoms with Crippen LogP contribution >= 0.6 is 0 Å². The molecule has 72 valence electrons. The summed E-state index contributed by atoms with van der Waals surface area (Å²) in [5, 5.41) is 0. The summed E-state index contributed by atoms with van der Waals surface area (Å²) in [4.78, 5) is 12.0. The molecule has 6 nitrogen and oxygen atoms in total. The average molecular weight is 195 g/mol. The normalized spacial score (nSPS) is 12.6. The van der Waals surface area contributed by atoms with E-state index in [-0.39, 0.29) is 0 Å². The SMILES string of the molecule is CC(C)(C)S(=O)(=O)NNC(N)=O. The molecule has 0 saturated heterocycles. The second kappa shape index (κ2) is 3.28. The molecular weight excluding hydrogens is 182 g/mol. The highest BCUT2D eigenvalue weighted by Crippen LogP contribution is 2.11.